The van der Waals surface area contributed by atoms with E-state index in [1.807, 2.05) is 0 Å². The number of sulfone groups is 1. The molecule has 0 amide bonds. The Balaban J connectivity index is 2.80. The van der Waals surface area contributed by atoms with Crippen LogP contribution in [-0.2, 0) is 20.3 Å². The molecule has 0 saturated heterocycles. The fraction of sp³-hybridized carbons (Fsp3) is 0.444. The van der Waals surface area contributed by atoms with Crippen LogP contribution in [0.4, 0.5) is 0 Å². The van der Waals surface area contributed by atoms with Crippen LogP contribution in [0.15, 0.2) is 16.7 Å². The molecule has 1 aromatic rings. The summed E-state index contributed by atoms with van der Waals surface area (Å²) in [5.74, 6) is -1.84. The van der Waals surface area contributed by atoms with Crippen molar-refractivity contribution in [2.45, 2.75) is 5.75 Å². The number of aromatic carboxylic acids is 1. The van der Waals surface area contributed by atoms with Gasteiger partial charge in [-0.1, -0.05) is 0 Å². The van der Waals surface area contributed by atoms with E-state index in [2.05, 4.69) is 4.74 Å². The lowest BCUT2D eigenvalue weighted by Gasteiger charge is -2.02. The van der Waals surface area contributed by atoms with Crippen LogP contribution in [0.2, 0.25) is 0 Å². The van der Waals surface area contributed by atoms with Crippen LogP contribution in [-0.4, -0.2) is 39.0 Å². The lowest BCUT2D eigenvalue weighted by molar-refractivity contribution is 0.0695. The monoisotopic (exact) mass is 248 g/mol. The third-order valence-electron chi connectivity index (χ3n) is 1.93. The molecule has 0 radical (unpaired) electrons. The molecule has 0 unspecified atom stereocenters. The summed E-state index contributed by atoms with van der Waals surface area (Å²) in [6, 6.07) is 1.23. The van der Waals surface area contributed by atoms with Crippen molar-refractivity contribution in [2.24, 2.45) is 0 Å². The Morgan fingerprint density at radius 1 is 1.56 bits per heavy atom. The summed E-state index contributed by atoms with van der Waals surface area (Å²) in [6.07, 6.45) is 1.16. The van der Waals surface area contributed by atoms with E-state index in [0.717, 1.165) is 6.26 Å². The predicted octanol–water partition coefficient (Wildman–Crippen LogP) is 0.539. The Morgan fingerprint density at radius 2 is 2.25 bits per heavy atom. The first-order chi connectivity index (χ1) is 7.46. The van der Waals surface area contributed by atoms with E-state index < -0.39 is 21.6 Å². The van der Waals surface area contributed by atoms with Gasteiger partial charge < -0.3 is 14.3 Å². The van der Waals surface area contributed by atoms with Gasteiger partial charge in [0.25, 0.3) is 0 Å². The highest BCUT2D eigenvalue weighted by atomic mass is 32.2. The third-order valence-corrected chi connectivity index (χ3v) is 3.42. The summed E-state index contributed by atoms with van der Waals surface area (Å²) in [7, 11) is -2.01. The molecule has 1 aromatic heterocycles. The highest BCUT2D eigenvalue weighted by Gasteiger charge is 2.20. The smallest absolute Gasteiger partial charge is 0.339 e. The first-order valence-corrected chi connectivity index (χ1v) is 6.27. The molecule has 0 aliphatic rings. The molecule has 7 heteroatoms. The van der Waals surface area contributed by atoms with Gasteiger partial charge in [0.1, 0.15) is 17.1 Å². The molecular weight excluding hydrogens is 236 g/mol. The first kappa shape index (κ1) is 12.7. The van der Waals surface area contributed by atoms with E-state index >= 15 is 0 Å². The molecule has 0 saturated carbocycles. The topological polar surface area (TPSA) is 93.8 Å². The summed E-state index contributed by atoms with van der Waals surface area (Å²) in [5.41, 5.74) is -0.124. The van der Waals surface area contributed by atoms with Crippen molar-refractivity contribution in [3.05, 3.63) is 23.7 Å². The molecule has 0 bridgehead atoms. The van der Waals surface area contributed by atoms with Crippen LogP contribution < -0.4 is 0 Å². The molecule has 1 N–H and O–H groups in total. The number of carboxylic acids is 1. The lowest BCUT2D eigenvalue weighted by Crippen LogP contribution is -2.14. The molecule has 1 rings (SSSR count). The Hall–Kier alpha value is -1.34. The van der Waals surface area contributed by atoms with E-state index in [-0.39, 0.29) is 23.7 Å². The van der Waals surface area contributed by atoms with E-state index in [4.69, 9.17) is 9.52 Å². The number of rotatable bonds is 6. The van der Waals surface area contributed by atoms with Gasteiger partial charge in [-0.3, -0.25) is 0 Å². The van der Waals surface area contributed by atoms with Crippen LogP contribution >= 0.6 is 0 Å². The van der Waals surface area contributed by atoms with E-state index in [0.29, 0.717) is 0 Å². The first-order valence-electron chi connectivity index (χ1n) is 4.45. The minimum Gasteiger partial charge on any atom is -0.478 e. The maximum atomic E-state index is 11.5. The van der Waals surface area contributed by atoms with Crippen molar-refractivity contribution >= 4 is 15.8 Å². The predicted molar refractivity (Wildman–Crippen MR) is 55.0 cm³/mol. The molecule has 0 spiro atoms. The largest absolute Gasteiger partial charge is 0.478 e. The van der Waals surface area contributed by atoms with Crippen LogP contribution in [0.5, 0.6) is 0 Å². The number of carboxylic acid groups (broad SMARTS) is 1. The van der Waals surface area contributed by atoms with Gasteiger partial charge in [0.2, 0.25) is 0 Å². The summed E-state index contributed by atoms with van der Waals surface area (Å²) >= 11 is 0. The van der Waals surface area contributed by atoms with Gasteiger partial charge in [-0.25, -0.2) is 13.2 Å². The quantitative estimate of drug-likeness (QED) is 0.789. The Labute approximate surface area is 92.7 Å². The van der Waals surface area contributed by atoms with Gasteiger partial charge >= 0.3 is 5.97 Å². The second-order valence-corrected chi connectivity index (χ2v) is 5.33. The molecule has 90 valence electrons. The van der Waals surface area contributed by atoms with E-state index in [9.17, 15) is 13.2 Å². The van der Waals surface area contributed by atoms with Crippen LogP contribution in [0.25, 0.3) is 0 Å². The maximum Gasteiger partial charge on any atom is 0.339 e. The lowest BCUT2D eigenvalue weighted by atomic mass is 10.3. The number of hydrogen-bond donors (Lipinski definition) is 1. The van der Waals surface area contributed by atoms with Gasteiger partial charge in [0.15, 0.2) is 9.84 Å². The van der Waals surface area contributed by atoms with E-state index in [1.165, 1.54) is 13.2 Å². The molecule has 0 aromatic carbocycles. The number of ether oxygens (including phenoxy) is 1. The summed E-state index contributed by atoms with van der Waals surface area (Å²) < 4.78 is 32.5. The molecule has 6 nitrogen and oxygen atoms in total. The van der Waals surface area contributed by atoms with Crippen molar-refractivity contribution in [3.63, 3.8) is 0 Å². The van der Waals surface area contributed by atoms with Crippen LogP contribution in [0, 0.1) is 0 Å². The zero-order valence-corrected chi connectivity index (χ0v) is 9.49. The van der Waals surface area contributed by atoms with Crippen molar-refractivity contribution in [1.29, 1.82) is 0 Å². The number of hydrogen-bond acceptors (Lipinski definition) is 5. The molecule has 16 heavy (non-hydrogen) atoms. The number of carbonyl (C=O) groups is 1. The minimum atomic E-state index is -3.40. The van der Waals surface area contributed by atoms with Crippen molar-refractivity contribution in [1.82, 2.24) is 0 Å². The molecule has 0 aliphatic heterocycles. The van der Waals surface area contributed by atoms with E-state index in [1.54, 1.807) is 0 Å². The van der Waals surface area contributed by atoms with Gasteiger partial charge in [0, 0.05) is 7.11 Å². The fourth-order valence-electron chi connectivity index (χ4n) is 1.13. The zero-order chi connectivity index (χ0) is 12.2. The Morgan fingerprint density at radius 3 is 2.81 bits per heavy atom. The van der Waals surface area contributed by atoms with Gasteiger partial charge in [-0.2, -0.15) is 0 Å². The highest BCUT2D eigenvalue weighted by Crippen LogP contribution is 2.14. The summed E-state index contributed by atoms with van der Waals surface area (Å²) in [5, 5.41) is 8.75. The Bertz CT molecular complexity index is 458. The van der Waals surface area contributed by atoms with Crippen LogP contribution in [0.3, 0.4) is 0 Å². The minimum absolute atomic E-state index is 0.0522. The standard InChI is InChI=1S/C9H12O6S/c1-14-4-5-16(12,13)6-8-7(9(10)11)2-3-15-8/h2-3H,4-6H2,1H3,(H,10,11). The number of methoxy groups -OCH3 is 1. The second kappa shape index (κ2) is 5.13. The number of furan rings is 1. The second-order valence-electron chi connectivity index (χ2n) is 3.15. The molecule has 0 fully saturated rings. The molecule has 1 heterocycles. The Kier molecular flexibility index (Phi) is 4.08. The zero-order valence-electron chi connectivity index (χ0n) is 8.67. The highest BCUT2D eigenvalue weighted by molar-refractivity contribution is 7.90. The average Bonchev–Trinajstić information content (AvgIpc) is 2.62. The van der Waals surface area contributed by atoms with Crippen LogP contribution in [0.1, 0.15) is 16.1 Å². The van der Waals surface area contributed by atoms with Gasteiger partial charge in [0.05, 0.1) is 18.6 Å². The molecule has 0 atom stereocenters. The third kappa shape index (κ3) is 3.35. The van der Waals surface area contributed by atoms with Crippen molar-refractivity contribution in [3.8, 4) is 0 Å². The SMILES string of the molecule is COCCS(=O)(=O)Cc1occc1C(=O)O. The average molecular weight is 248 g/mol. The molecule has 0 aliphatic carbocycles. The fourth-order valence-corrected chi connectivity index (χ4v) is 2.31. The summed E-state index contributed by atoms with van der Waals surface area (Å²) in [4.78, 5) is 10.7. The maximum absolute atomic E-state index is 11.5. The van der Waals surface area contributed by atoms with Gasteiger partial charge in [-0.05, 0) is 6.07 Å². The normalized spacial score (nSPS) is 11.6. The van der Waals surface area contributed by atoms with Crippen molar-refractivity contribution in [2.75, 3.05) is 19.5 Å². The van der Waals surface area contributed by atoms with Gasteiger partial charge in [-0.15, -0.1) is 0 Å². The summed E-state index contributed by atoms with van der Waals surface area (Å²) in [6.45, 7) is 0.0748. The van der Waals surface area contributed by atoms with Crippen molar-refractivity contribution < 1.29 is 27.5 Å². The molecular formula is C9H12O6S.